The number of halogens is 1. The first-order valence-electron chi connectivity index (χ1n) is 8.06. The Bertz CT molecular complexity index is 774. The number of carbonyl (C=O) groups is 2. The van der Waals surface area contributed by atoms with E-state index in [9.17, 15) is 14.0 Å². The third-order valence-electron chi connectivity index (χ3n) is 4.17. The maximum atomic E-state index is 14.2. The van der Waals surface area contributed by atoms with Gasteiger partial charge >= 0.3 is 6.03 Å². The maximum absolute atomic E-state index is 14.2. The summed E-state index contributed by atoms with van der Waals surface area (Å²) in [5.74, 6) is -0.580. The molecule has 0 atom stereocenters. The van der Waals surface area contributed by atoms with Crippen LogP contribution < -0.4 is 10.2 Å². The highest BCUT2D eigenvalue weighted by atomic mass is 19.1. The van der Waals surface area contributed by atoms with Gasteiger partial charge in [-0.1, -0.05) is 0 Å². The van der Waals surface area contributed by atoms with E-state index < -0.39 is 5.82 Å². The fourth-order valence-corrected chi connectivity index (χ4v) is 2.77. The molecule has 1 aliphatic rings. The largest absolute Gasteiger partial charge is 0.366 e. The molecular formula is C18H19FN4O2. The average Bonchev–Trinajstić information content (AvgIpc) is 2.62. The lowest BCUT2D eigenvalue weighted by Gasteiger charge is -2.36. The van der Waals surface area contributed by atoms with Crippen LogP contribution in [0.5, 0.6) is 0 Å². The summed E-state index contributed by atoms with van der Waals surface area (Å²) in [6, 6.07) is 7.84. The summed E-state index contributed by atoms with van der Waals surface area (Å²) >= 11 is 0. The Morgan fingerprint density at radius 1 is 1.16 bits per heavy atom. The van der Waals surface area contributed by atoms with Gasteiger partial charge in [-0.25, -0.2) is 9.18 Å². The van der Waals surface area contributed by atoms with E-state index in [-0.39, 0.29) is 11.8 Å². The van der Waals surface area contributed by atoms with Crippen molar-refractivity contribution in [3.05, 3.63) is 54.1 Å². The van der Waals surface area contributed by atoms with E-state index in [0.29, 0.717) is 43.1 Å². The zero-order valence-electron chi connectivity index (χ0n) is 13.9. The van der Waals surface area contributed by atoms with Crippen molar-refractivity contribution in [3.8, 4) is 0 Å². The van der Waals surface area contributed by atoms with Gasteiger partial charge in [-0.3, -0.25) is 9.78 Å². The number of hydrogen-bond donors (Lipinski definition) is 1. The Morgan fingerprint density at radius 3 is 2.52 bits per heavy atom. The quantitative estimate of drug-likeness (QED) is 0.871. The second-order valence-electron chi connectivity index (χ2n) is 5.87. The summed E-state index contributed by atoms with van der Waals surface area (Å²) in [6.45, 7) is 3.43. The third kappa shape index (κ3) is 3.93. The van der Waals surface area contributed by atoms with Crippen LogP contribution in [-0.4, -0.2) is 47.9 Å². The Hall–Kier alpha value is -2.96. The van der Waals surface area contributed by atoms with Gasteiger partial charge in [0.15, 0.2) is 5.78 Å². The molecule has 0 spiro atoms. The van der Waals surface area contributed by atoms with E-state index in [0.717, 1.165) is 0 Å². The lowest BCUT2D eigenvalue weighted by Crippen LogP contribution is -2.50. The minimum absolute atomic E-state index is 0.164. The van der Waals surface area contributed by atoms with Crippen molar-refractivity contribution in [2.24, 2.45) is 0 Å². The first-order chi connectivity index (χ1) is 12.0. The number of carbonyl (C=O) groups excluding carboxylic acids is 2. The predicted molar refractivity (Wildman–Crippen MR) is 93.4 cm³/mol. The highest BCUT2D eigenvalue weighted by molar-refractivity contribution is 5.94. The molecule has 0 aliphatic carbocycles. The van der Waals surface area contributed by atoms with Gasteiger partial charge in [-0.2, -0.15) is 0 Å². The van der Waals surface area contributed by atoms with Crippen LogP contribution in [0.2, 0.25) is 0 Å². The minimum atomic E-state index is -0.416. The molecular weight excluding hydrogens is 323 g/mol. The molecule has 1 aromatic heterocycles. The van der Waals surface area contributed by atoms with Crippen molar-refractivity contribution in [2.45, 2.75) is 6.92 Å². The van der Waals surface area contributed by atoms with E-state index >= 15 is 0 Å². The molecule has 25 heavy (non-hydrogen) atoms. The molecule has 1 fully saturated rings. The van der Waals surface area contributed by atoms with Crippen LogP contribution in [0.3, 0.4) is 0 Å². The zero-order valence-corrected chi connectivity index (χ0v) is 13.9. The summed E-state index contributed by atoms with van der Waals surface area (Å²) in [7, 11) is 0. The van der Waals surface area contributed by atoms with Crippen molar-refractivity contribution in [1.29, 1.82) is 0 Å². The van der Waals surface area contributed by atoms with Crippen LogP contribution >= 0.6 is 0 Å². The van der Waals surface area contributed by atoms with Crippen LogP contribution in [0.25, 0.3) is 0 Å². The number of ketones is 1. The molecule has 1 aromatic carbocycles. The molecule has 2 amide bonds. The van der Waals surface area contributed by atoms with E-state index in [4.69, 9.17) is 0 Å². The fraction of sp³-hybridized carbons (Fsp3) is 0.278. The highest BCUT2D eigenvalue weighted by Crippen LogP contribution is 2.22. The number of benzene rings is 1. The van der Waals surface area contributed by atoms with Gasteiger partial charge in [0.2, 0.25) is 0 Å². The molecule has 3 rings (SSSR count). The Balaban J connectivity index is 1.60. The van der Waals surface area contributed by atoms with Crippen LogP contribution in [0.4, 0.5) is 20.6 Å². The van der Waals surface area contributed by atoms with Crippen molar-refractivity contribution in [3.63, 3.8) is 0 Å². The van der Waals surface area contributed by atoms with E-state index in [1.165, 1.54) is 13.0 Å². The lowest BCUT2D eigenvalue weighted by molar-refractivity contribution is 0.101. The normalized spacial score (nSPS) is 14.3. The van der Waals surface area contributed by atoms with Gasteiger partial charge in [-0.15, -0.1) is 0 Å². The summed E-state index contributed by atoms with van der Waals surface area (Å²) in [6.07, 6.45) is 3.22. The monoisotopic (exact) mass is 342 g/mol. The molecule has 130 valence electrons. The van der Waals surface area contributed by atoms with Crippen molar-refractivity contribution in [1.82, 2.24) is 9.88 Å². The van der Waals surface area contributed by atoms with E-state index in [1.807, 2.05) is 4.90 Å². The standard InChI is InChI=1S/C18H19FN4O2/c1-13(24)14-4-5-17(16(19)11-14)22-7-9-23(10-8-22)18(25)21-15-3-2-6-20-12-15/h2-6,11-12H,7-10H2,1H3,(H,21,25). The molecule has 1 aliphatic heterocycles. The number of pyridine rings is 1. The first kappa shape index (κ1) is 16.9. The molecule has 1 N–H and O–H groups in total. The van der Waals surface area contributed by atoms with Crippen LogP contribution in [-0.2, 0) is 0 Å². The third-order valence-corrected chi connectivity index (χ3v) is 4.17. The summed E-state index contributed by atoms with van der Waals surface area (Å²) < 4.78 is 14.2. The van der Waals surface area contributed by atoms with Gasteiger partial charge < -0.3 is 15.1 Å². The maximum Gasteiger partial charge on any atom is 0.322 e. The SMILES string of the molecule is CC(=O)c1ccc(N2CCN(C(=O)Nc3cccnc3)CC2)c(F)c1. The molecule has 6 nitrogen and oxygen atoms in total. The Kier molecular flexibility index (Phi) is 4.92. The predicted octanol–water partition coefficient (Wildman–Crippen LogP) is 2.78. The molecule has 2 aromatic rings. The van der Waals surface area contributed by atoms with Crippen molar-refractivity contribution >= 4 is 23.2 Å². The molecule has 0 saturated carbocycles. The average molecular weight is 342 g/mol. The number of rotatable bonds is 3. The summed E-state index contributed by atoms with van der Waals surface area (Å²) in [5.41, 5.74) is 1.45. The number of aromatic nitrogens is 1. The number of anilines is 2. The minimum Gasteiger partial charge on any atom is -0.366 e. The van der Waals surface area contributed by atoms with Crippen molar-refractivity contribution in [2.75, 3.05) is 36.4 Å². The van der Waals surface area contributed by atoms with Crippen LogP contribution in [0, 0.1) is 5.82 Å². The second-order valence-corrected chi connectivity index (χ2v) is 5.87. The molecule has 1 saturated heterocycles. The smallest absolute Gasteiger partial charge is 0.322 e. The Morgan fingerprint density at radius 2 is 1.92 bits per heavy atom. The van der Waals surface area contributed by atoms with Gasteiger partial charge in [0.25, 0.3) is 0 Å². The lowest BCUT2D eigenvalue weighted by atomic mass is 10.1. The van der Waals surface area contributed by atoms with Crippen LogP contribution in [0.15, 0.2) is 42.7 Å². The number of nitrogens with zero attached hydrogens (tertiary/aromatic N) is 3. The topological polar surface area (TPSA) is 65.5 Å². The summed E-state index contributed by atoms with van der Waals surface area (Å²) in [4.78, 5) is 31.1. The number of piperazine rings is 1. The molecule has 0 bridgehead atoms. The molecule has 7 heteroatoms. The molecule has 0 unspecified atom stereocenters. The van der Waals surface area contributed by atoms with Gasteiger partial charge in [0, 0.05) is 37.9 Å². The fourth-order valence-electron chi connectivity index (χ4n) is 2.77. The number of Topliss-reactive ketones (excluding diaryl/α,β-unsaturated/α-hetero) is 1. The first-order valence-corrected chi connectivity index (χ1v) is 8.06. The Labute approximate surface area is 145 Å². The second kappa shape index (κ2) is 7.29. The number of nitrogens with one attached hydrogen (secondary N) is 1. The number of urea groups is 1. The van der Waals surface area contributed by atoms with Gasteiger partial charge in [-0.05, 0) is 37.3 Å². The summed E-state index contributed by atoms with van der Waals surface area (Å²) in [5, 5.41) is 2.79. The van der Waals surface area contributed by atoms with Gasteiger partial charge in [0.1, 0.15) is 5.82 Å². The van der Waals surface area contributed by atoms with E-state index in [2.05, 4.69) is 10.3 Å². The highest BCUT2D eigenvalue weighted by Gasteiger charge is 2.23. The number of hydrogen-bond acceptors (Lipinski definition) is 4. The van der Waals surface area contributed by atoms with Gasteiger partial charge in [0.05, 0.1) is 17.6 Å². The van der Waals surface area contributed by atoms with E-state index in [1.54, 1.807) is 41.6 Å². The zero-order chi connectivity index (χ0) is 17.8. The van der Waals surface area contributed by atoms with Crippen molar-refractivity contribution < 1.29 is 14.0 Å². The van der Waals surface area contributed by atoms with Crippen LogP contribution in [0.1, 0.15) is 17.3 Å². The molecule has 2 heterocycles. The number of amides is 2. The molecule has 0 radical (unpaired) electrons.